The number of carbonyl (C=O) groups is 1. The molecule has 0 bridgehead atoms. The van der Waals surface area contributed by atoms with Crippen molar-refractivity contribution >= 4 is 5.91 Å². The summed E-state index contributed by atoms with van der Waals surface area (Å²) in [7, 11) is 0. The minimum atomic E-state index is -0.417. The van der Waals surface area contributed by atoms with Gasteiger partial charge in [0.1, 0.15) is 6.10 Å². The van der Waals surface area contributed by atoms with E-state index in [0.717, 1.165) is 12.8 Å². The van der Waals surface area contributed by atoms with Crippen LogP contribution in [-0.4, -0.2) is 30.2 Å². The maximum atomic E-state index is 11.9. The zero-order valence-corrected chi connectivity index (χ0v) is 11.3. The van der Waals surface area contributed by atoms with Crippen LogP contribution in [0.4, 0.5) is 0 Å². The van der Waals surface area contributed by atoms with E-state index in [1.165, 1.54) is 19.3 Å². The zero-order valence-electron chi connectivity index (χ0n) is 11.3. The Kier molecular flexibility index (Phi) is 5.40. The van der Waals surface area contributed by atoms with Gasteiger partial charge in [0.15, 0.2) is 0 Å². The van der Waals surface area contributed by atoms with Gasteiger partial charge in [-0.25, -0.2) is 0 Å². The number of rotatable bonds is 5. The van der Waals surface area contributed by atoms with Crippen molar-refractivity contribution in [2.75, 3.05) is 6.61 Å². The molecule has 3 N–H and O–H groups in total. The van der Waals surface area contributed by atoms with Gasteiger partial charge in [-0.2, -0.15) is 0 Å². The molecule has 1 amide bonds. The average Bonchev–Trinajstić information content (AvgIpc) is 2.26. The first-order valence-electron chi connectivity index (χ1n) is 6.59. The van der Waals surface area contributed by atoms with Crippen molar-refractivity contribution in [2.45, 2.75) is 70.6 Å². The molecule has 0 spiro atoms. The van der Waals surface area contributed by atoms with Gasteiger partial charge in [-0.1, -0.05) is 19.3 Å². The minimum Gasteiger partial charge on any atom is -0.367 e. The minimum absolute atomic E-state index is 0.0128. The van der Waals surface area contributed by atoms with Crippen LogP contribution >= 0.6 is 0 Å². The Morgan fingerprint density at radius 2 is 2.00 bits per heavy atom. The SMILES string of the molecule is CC(OCC(C)(C)N)C(=O)NC1CCCCC1. The highest BCUT2D eigenvalue weighted by molar-refractivity contribution is 5.80. The Hall–Kier alpha value is -0.610. The van der Waals surface area contributed by atoms with E-state index in [2.05, 4.69) is 5.32 Å². The molecule has 1 saturated carbocycles. The summed E-state index contributed by atoms with van der Waals surface area (Å²) in [6, 6.07) is 0.341. The van der Waals surface area contributed by atoms with E-state index in [0.29, 0.717) is 12.6 Å². The highest BCUT2D eigenvalue weighted by Gasteiger charge is 2.21. The molecule has 0 aromatic rings. The largest absolute Gasteiger partial charge is 0.367 e. The van der Waals surface area contributed by atoms with Crippen molar-refractivity contribution in [2.24, 2.45) is 5.73 Å². The lowest BCUT2D eigenvalue weighted by molar-refractivity contribution is -0.133. The molecule has 1 fully saturated rings. The molecule has 1 rings (SSSR count). The Morgan fingerprint density at radius 1 is 1.41 bits per heavy atom. The molecular weight excluding hydrogens is 216 g/mol. The van der Waals surface area contributed by atoms with Crippen LogP contribution in [-0.2, 0) is 9.53 Å². The van der Waals surface area contributed by atoms with Crippen LogP contribution in [0.25, 0.3) is 0 Å². The Balaban J connectivity index is 2.26. The van der Waals surface area contributed by atoms with Crippen molar-refractivity contribution in [3.05, 3.63) is 0 Å². The molecule has 0 aromatic heterocycles. The summed E-state index contributed by atoms with van der Waals surface area (Å²) in [5.74, 6) is -0.0128. The third kappa shape index (κ3) is 6.03. The zero-order chi connectivity index (χ0) is 12.9. The molecule has 0 saturated heterocycles. The first kappa shape index (κ1) is 14.5. The van der Waals surface area contributed by atoms with Crippen LogP contribution in [0.1, 0.15) is 52.9 Å². The maximum Gasteiger partial charge on any atom is 0.249 e. The summed E-state index contributed by atoms with van der Waals surface area (Å²) in [4.78, 5) is 11.9. The number of amides is 1. The van der Waals surface area contributed by atoms with E-state index in [-0.39, 0.29) is 11.4 Å². The van der Waals surface area contributed by atoms with Crippen molar-refractivity contribution in [3.8, 4) is 0 Å². The molecule has 17 heavy (non-hydrogen) atoms. The van der Waals surface area contributed by atoms with E-state index in [9.17, 15) is 4.79 Å². The van der Waals surface area contributed by atoms with Gasteiger partial charge in [-0.15, -0.1) is 0 Å². The Morgan fingerprint density at radius 3 is 2.53 bits per heavy atom. The van der Waals surface area contributed by atoms with Crippen LogP contribution in [0.3, 0.4) is 0 Å². The molecular formula is C13H26N2O2. The second-order valence-electron chi connectivity index (χ2n) is 5.79. The van der Waals surface area contributed by atoms with E-state index < -0.39 is 6.10 Å². The number of carbonyl (C=O) groups excluding carboxylic acids is 1. The molecule has 0 heterocycles. The predicted octanol–water partition coefficient (Wildman–Crippen LogP) is 1.58. The summed E-state index contributed by atoms with van der Waals surface area (Å²) in [6.07, 6.45) is 5.51. The number of nitrogens with two attached hydrogens (primary N) is 1. The van der Waals surface area contributed by atoms with Crippen molar-refractivity contribution < 1.29 is 9.53 Å². The lowest BCUT2D eigenvalue weighted by atomic mass is 9.95. The maximum absolute atomic E-state index is 11.9. The smallest absolute Gasteiger partial charge is 0.249 e. The van der Waals surface area contributed by atoms with Crippen LogP contribution in [0, 0.1) is 0 Å². The van der Waals surface area contributed by atoms with Crippen molar-refractivity contribution in [1.29, 1.82) is 0 Å². The molecule has 1 unspecified atom stereocenters. The molecule has 100 valence electrons. The van der Waals surface area contributed by atoms with Gasteiger partial charge in [0, 0.05) is 11.6 Å². The quantitative estimate of drug-likeness (QED) is 0.769. The molecule has 1 aliphatic rings. The third-order valence-corrected chi connectivity index (χ3v) is 3.03. The molecule has 1 atom stereocenters. The second kappa shape index (κ2) is 6.36. The Labute approximate surface area is 104 Å². The molecule has 0 aromatic carbocycles. The van der Waals surface area contributed by atoms with Crippen molar-refractivity contribution in [3.63, 3.8) is 0 Å². The highest BCUT2D eigenvalue weighted by Crippen LogP contribution is 2.17. The van der Waals surface area contributed by atoms with E-state index in [4.69, 9.17) is 10.5 Å². The average molecular weight is 242 g/mol. The number of hydrogen-bond acceptors (Lipinski definition) is 3. The van der Waals surface area contributed by atoms with E-state index in [1.807, 2.05) is 13.8 Å². The summed E-state index contributed by atoms with van der Waals surface area (Å²) >= 11 is 0. The van der Waals surface area contributed by atoms with Crippen LogP contribution in [0.2, 0.25) is 0 Å². The van der Waals surface area contributed by atoms with E-state index >= 15 is 0 Å². The van der Waals surface area contributed by atoms with Gasteiger partial charge in [0.05, 0.1) is 6.61 Å². The second-order valence-corrected chi connectivity index (χ2v) is 5.79. The normalized spacial score (nSPS) is 20.0. The summed E-state index contributed by atoms with van der Waals surface area (Å²) in [5.41, 5.74) is 5.42. The fraction of sp³-hybridized carbons (Fsp3) is 0.923. The van der Waals surface area contributed by atoms with Gasteiger partial charge in [-0.3, -0.25) is 4.79 Å². The lowest BCUT2D eigenvalue weighted by Crippen LogP contribution is -2.45. The number of nitrogens with one attached hydrogen (secondary N) is 1. The van der Waals surface area contributed by atoms with Crippen LogP contribution < -0.4 is 11.1 Å². The highest BCUT2D eigenvalue weighted by atomic mass is 16.5. The van der Waals surface area contributed by atoms with Gasteiger partial charge >= 0.3 is 0 Å². The number of ether oxygens (including phenoxy) is 1. The van der Waals surface area contributed by atoms with Crippen molar-refractivity contribution in [1.82, 2.24) is 5.32 Å². The fourth-order valence-corrected chi connectivity index (χ4v) is 1.98. The monoisotopic (exact) mass is 242 g/mol. The molecule has 1 aliphatic carbocycles. The van der Waals surface area contributed by atoms with Gasteiger partial charge in [0.2, 0.25) is 5.91 Å². The first-order valence-corrected chi connectivity index (χ1v) is 6.59. The summed E-state index contributed by atoms with van der Waals surface area (Å²) in [6.45, 7) is 5.95. The van der Waals surface area contributed by atoms with Gasteiger partial charge in [0.25, 0.3) is 0 Å². The van der Waals surface area contributed by atoms with E-state index in [1.54, 1.807) is 6.92 Å². The topological polar surface area (TPSA) is 64.3 Å². The standard InChI is InChI=1S/C13H26N2O2/c1-10(17-9-13(2,3)14)12(16)15-11-7-5-4-6-8-11/h10-11H,4-9,14H2,1-3H3,(H,15,16). The lowest BCUT2D eigenvalue weighted by Gasteiger charge is -2.26. The first-order chi connectivity index (χ1) is 7.88. The Bertz CT molecular complexity index is 242. The van der Waals surface area contributed by atoms with Gasteiger partial charge < -0.3 is 15.8 Å². The molecule has 4 heteroatoms. The molecule has 4 nitrogen and oxygen atoms in total. The van der Waals surface area contributed by atoms with Crippen LogP contribution in [0.5, 0.6) is 0 Å². The van der Waals surface area contributed by atoms with Gasteiger partial charge in [-0.05, 0) is 33.6 Å². The molecule has 0 radical (unpaired) electrons. The summed E-state index contributed by atoms with van der Waals surface area (Å²) in [5, 5.41) is 3.05. The van der Waals surface area contributed by atoms with Crippen LogP contribution in [0.15, 0.2) is 0 Å². The third-order valence-electron chi connectivity index (χ3n) is 3.03. The fourth-order valence-electron chi connectivity index (χ4n) is 1.98. The predicted molar refractivity (Wildman–Crippen MR) is 68.7 cm³/mol. The summed E-state index contributed by atoms with van der Waals surface area (Å²) < 4.78 is 5.47. The molecule has 0 aliphatic heterocycles. The number of hydrogen-bond donors (Lipinski definition) is 2.